The van der Waals surface area contributed by atoms with Gasteiger partial charge in [0.1, 0.15) is 11.1 Å². The van der Waals surface area contributed by atoms with Gasteiger partial charge in [-0.2, -0.15) is 0 Å². The van der Waals surface area contributed by atoms with Gasteiger partial charge in [0.2, 0.25) is 5.43 Å². The van der Waals surface area contributed by atoms with E-state index in [0.29, 0.717) is 13.1 Å². The Bertz CT molecular complexity index is 1130. The van der Waals surface area contributed by atoms with E-state index in [1.807, 2.05) is 36.6 Å². The van der Waals surface area contributed by atoms with E-state index in [9.17, 15) is 14.4 Å². The highest BCUT2D eigenvalue weighted by atomic mass is 16.2. The minimum atomic E-state index is -0.469. The minimum absolute atomic E-state index is 0.0415. The number of aromatic nitrogens is 1. The van der Waals surface area contributed by atoms with E-state index in [4.69, 9.17) is 0 Å². The molecule has 1 saturated carbocycles. The van der Waals surface area contributed by atoms with Crippen LogP contribution in [0.15, 0.2) is 53.6 Å². The molecule has 2 amide bonds. The summed E-state index contributed by atoms with van der Waals surface area (Å²) >= 11 is 0. The molecule has 7 nitrogen and oxygen atoms in total. The Labute approximate surface area is 213 Å². The fourth-order valence-electron chi connectivity index (χ4n) is 4.93. The van der Waals surface area contributed by atoms with Crippen LogP contribution in [0.25, 0.3) is 6.08 Å². The molecule has 1 aliphatic heterocycles. The van der Waals surface area contributed by atoms with Crippen molar-refractivity contribution in [3.8, 4) is 0 Å². The van der Waals surface area contributed by atoms with Gasteiger partial charge in [0.05, 0.1) is 0 Å². The number of carbonyl (C=O) groups is 2. The van der Waals surface area contributed by atoms with Crippen molar-refractivity contribution in [2.24, 2.45) is 0 Å². The van der Waals surface area contributed by atoms with Gasteiger partial charge < -0.3 is 14.8 Å². The quantitative estimate of drug-likeness (QED) is 0.608. The number of hydrogen-bond donors (Lipinski definition) is 1. The molecular formula is C29H38N4O3. The molecule has 0 radical (unpaired) electrons. The largest absolute Gasteiger partial charge is 0.349 e. The van der Waals surface area contributed by atoms with Crippen LogP contribution in [-0.4, -0.2) is 64.9 Å². The van der Waals surface area contributed by atoms with Crippen LogP contribution in [0.3, 0.4) is 0 Å². The summed E-state index contributed by atoms with van der Waals surface area (Å²) in [5.41, 5.74) is 0.874. The van der Waals surface area contributed by atoms with E-state index in [-0.39, 0.29) is 29.1 Å². The smallest absolute Gasteiger partial charge is 0.259 e. The van der Waals surface area contributed by atoms with Gasteiger partial charge in [0.25, 0.3) is 11.8 Å². The Morgan fingerprint density at radius 3 is 2.36 bits per heavy atom. The first-order valence-electron chi connectivity index (χ1n) is 13.3. The molecule has 2 fully saturated rings. The highest BCUT2D eigenvalue weighted by molar-refractivity contribution is 5.99. The summed E-state index contributed by atoms with van der Waals surface area (Å²) in [5.74, 6) is -0.671. The highest BCUT2D eigenvalue weighted by Crippen LogP contribution is 2.29. The standard InChI is InChI=1S/C29H38N4O3/c1-3-22(2)30-28(35)25-20-33(24-13-7-8-14-24)21-26(27(25)34)29(36)32-18-16-31(17-19-32)15-9-12-23-10-5-4-6-11-23/h4-6,9-12,20-22,24H,3,7-8,13-19H2,1-2H3,(H,30,35)/b12-9+/t22-/m1/s1. The first-order chi connectivity index (χ1) is 17.5. The predicted octanol–water partition coefficient (Wildman–Crippen LogP) is 3.96. The number of carbonyl (C=O) groups excluding carboxylic acids is 2. The number of hydrogen-bond acceptors (Lipinski definition) is 4. The summed E-state index contributed by atoms with van der Waals surface area (Å²) in [6.07, 6.45) is 12.6. The number of benzene rings is 1. The summed E-state index contributed by atoms with van der Waals surface area (Å²) in [5, 5.41) is 2.90. The third-order valence-corrected chi connectivity index (χ3v) is 7.39. The zero-order chi connectivity index (χ0) is 25.5. The van der Waals surface area contributed by atoms with Gasteiger partial charge in [-0.1, -0.05) is 62.2 Å². The summed E-state index contributed by atoms with van der Waals surface area (Å²) in [6, 6.07) is 10.4. The maximum Gasteiger partial charge on any atom is 0.259 e. The maximum atomic E-state index is 13.5. The number of amides is 2. The van der Waals surface area contributed by atoms with Gasteiger partial charge in [0.15, 0.2) is 0 Å². The van der Waals surface area contributed by atoms with Crippen LogP contribution in [0.1, 0.15) is 78.3 Å². The number of nitrogens with one attached hydrogen (secondary N) is 1. The van der Waals surface area contributed by atoms with E-state index in [2.05, 4.69) is 34.5 Å². The highest BCUT2D eigenvalue weighted by Gasteiger charge is 2.28. The van der Waals surface area contributed by atoms with Crippen molar-refractivity contribution in [3.63, 3.8) is 0 Å². The molecule has 2 heterocycles. The van der Waals surface area contributed by atoms with Crippen molar-refractivity contribution in [1.29, 1.82) is 0 Å². The average molecular weight is 491 g/mol. The van der Waals surface area contributed by atoms with Crippen molar-refractivity contribution < 1.29 is 9.59 Å². The van der Waals surface area contributed by atoms with Crippen LogP contribution in [0.2, 0.25) is 0 Å². The second-order valence-electron chi connectivity index (χ2n) is 9.99. The van der Waals surface area contributed by atoms with Gasteiger partial charge in [-0.15, -0.1) is 0 Å². The Hall–Kier alpha value is -3.19. The number of nitrogens with zero attached hydrogens (tertiary/aromatic N) is 3. The van der Waals surface area contributed by atoms with Crippen molar-refractivity contribution in [3.05, 3.63) is 75.7 Å². The molecular weight excluding hydrogens is 452 g/mol. The molecule has 1 atom stereocenters. The summed E-state index contributed by atoms with van der Waals surface area (Å²) in [7, 11) is 0. The third kappa shape index (κ3) is 6.32. The molecule has 0 spiro atoms. The lowest BCUT2D eigenvalue weighted by Crippen LogP contribution is -2.49. The monoisotopic (exact) mass is 490 g/mol. The fourth-order valence-corrected chi connectivity index (χ4v) is 4.93. The lowest BCUT2D eigenvalue weighted by Gasteiger charge is -2.34. The normalized spacial score (nSPS) is 18.0. The van der Waals surface area contributed by atoms with Crippen molar-refractivity contribution in [1.82, 2.24) is 19.7 Å². The van der Waals surface area contributed by atoms with Gasteiger partial charge in [-0.3, -0.25) is 19.3 Å². The summed E-state index contributed by atoms with van der Waals surface area (Å²) < 4.78 is 1.94. The molecule has 0 bridgehead atoms. The molecule has 1 saturated heterocycles. The van der Waals surface area contributed by atoms with Crippen molar-refractivity contribution >= 4 is 17.9 Å². The molecule has 1 aromatic carbocycles. The lowest BCUT2D eigenvalue weighted by atomic mass is 10.1. The van der Waals surface area contributed by atoms with Gasteiger partial charge >= 0.3 is 0 Å². The Kier molecular flexibility index (Phi) is 8.75. The third-order valence-electron chi connectivity index (χ3n) is 7.39. The van der Waals surface area contributed by atoms with Crippen LogP contribution >= 0.6 is 0 Å². The van der Waals surface area contributed by atoms with Crippen molar-refractivity contribution in [2.45, 2.75) is 58.0 Å². The second kappa shape index (κ2) is 12.2. The molecule has 1 N–H and O–H groups in total. The minimum Gasteiger partial charge on any atom is -0.349 e. The molecule has 7 heteroatoms. The van der Waals surface area contributed by atoms with Crippen LogP contribution < -0.4 is 10.7 Å². The SMILES string of the molecule is CC[C@@H](C)NC(=O)c1cn(C2CCCC2)cc(C(=O)N2CCN(C/C=C/c3ccccc3)CC2)c1=O. The number of rotatable bonds is 8. The first kappa shape index (κ1) is 25.9. The van der Waals surface area contributed by atoms with Crippen LogP contribution in [-0.2, 0) is 0 Å². The Morgan fingerprint density at radius 2 is 1.69 bits per heavy atom. The maximum absolute atomic E-state index is 13.5. The zero-order valence-corrected chi connectivity index (χ0v) is 21.5. The first-order valence-corrected chi connectivity index (χ1v) is 13.3. The van der Waals surface area contributed by atoms with Crippen molar-refractivity contribution in [2.75, 3.05) is 32.7 Å². The molecule has 2 aromatic rings. The van der Waals surface area contributed by atoms with E-state index < -0.39 is 11.3 Å². The average Bonchev–Trinajstić information content (AvgIpc) is 3.44. The molecule has 1 aliphatic carbocycles. The number of pyridine rings is 1. The van der Waals surface area contributed by atoms with Gasteiger partial charge in [-0.25, -0.2) is 0 Å². The predicted molar refractivity (Wildman–Crippen MR) is 143 cm³/mol. The summed E-state index contributed by atoms with van der Waals surface area (Å²) in [4.78, 5) is 43.8. The topological polar surface area (TPSA) is 74.7 Å². The fraction of sp³-hybridized carbons (Fsp3) is 0.483. The van der Waals surface area contributed by atoms with Crippen LogP contribution in [0, 0.1) is 0 Å². The molecule has 0 unspecified atom stereocenters. The van der Waals surface area contributed by atoms with E-state index >= 15 is 0 Å². The molecule has 2 aliphatic rings. The Morgan fingerprint density at radius 1 is 1.03 bits per heavy atom. The number of piperazine rings is 1. The van der Waals surface area contributed by atoms with E-state index in [1.165, 1.54) is 5.56 Å². The van der Waals surface area contributed by atoms with Crippen LogP contribution in [0.4, 0.5) is 0 Å². The molecule has 36 heavy (non-hydrogen) atoms. The van der Waals surface area contributed by atoms with Gasteiger partial charge in [0, 0.05) is 57.2 Å². The Balaban J connectivity index is 1.46. The molecule has 192 valence electrons. The lowest BCUT2D eigenvalue weighted by molar-refractivity contribution is 0.0648. The zero-order valence-electron chi connectivity index (χ0n) is 21.5. The molecule has 4 rings (SSSR count). The van der Waals surface area contributed by atoms with Crippen LogP contribution in [0.5, 0.6) is 0 Å². The van der Waals surface area contributed by atoms with E-state index in [1.54, 1.807) is 17.3 Å². The van der Waals surface area contributed by atoms with E-state index in [0.717, 1.165) is 51.7 Å². The van der Waals surface area contributed by atoms with Gasteiger partial charge in [-0.05, 0) is 31.7 Å². The summed E-state index contributed by atoms with van der Waals surface area (Å²) in [6.45, 7) is 7.33. The molecule has 1 aromatic heterocycles. The second-order valence-corrected chi connectivity index (χ2v) is 9.99.